The highest BCUT2D eigenvalue weighted by atomic mass is 19.4. The molecule has 4 atom stereocenters. The monoisotopic (exact) mass is 624 g/mol. The lowest BCUT2D eigenvalue weighted by molar-refractivity contribution is -0.159. The van der Waals surface area contributed by atoms with Crippen LogP contribution >= 0.6 is 0 Å². The topological polar surface area (TPSA) is 115 Å². The van der Waals surface area contributed by atoms with Gasteiger partial charge in [0.25, 0.3) is 5.91 Å². The number of hydrogen-bond donors (Lipinski definition) is 4. The first-order valence-corrected chi connectivity index (χ1v) is 15.3. The highest BCUT2D eigenvalue weighted by molar-refractivity contribution is 6.17. The van der Waals surface area contributed by atoms with E-state index in [0.29, 0.717) is 41.5 Å². The second kappa shape index (κ2) is 14.3. The number of allylic oxidation sites excluding steroid dienone is 6. The molecule has 242 valence electrons. The molecule has 0 saturated heterocycles. The first kappa shape index (κ1) is 36.0. The van der Waals surface area contributed by atoms with E-state index in [4.69, 9.17) is 13.4 Å². The fourth-order valence-electron chi connectivity index (χ4n) is 6.32. The van der Waals surface area contributed by atoms with Crippen molar-refractivity contribution in [3.05, 3.63) is 69.4 Å². The molecule has 4 unspecified atom stereocenters. The van der Waals surface area contributed by atoms with E-state index < -0.39 is 29.9 Å². The summed E-state index contributed by atoms with van der Waals surface area (Å²) in [5, 5.41) is 19.0. The Kier molecular flexibility index (Phi) is 11.5. The number of carbonyl (C=O) groups excluding carboxylic acids is 2. The van der Waals surface area contributed by atoms with Crippen LogP contribution in [-0.2, 0) is 4.79 Å². The molecule has 3 rings (SSSR count). The van der Waals surface area contributed by atoms with Crippen LogP contribution in [0.2, 0.25) is 5.82 Å². The largest absolute Gasteiger partial charge is 0.508 e. The van der Waals surface area contributed by atoms with Gasteiger partial charge in [0.15, 0.2) is 11.8 Å². The van der Waals surface area contributed by atoms with Crippen molar-refractivity contribution < 1.29 is 27.9 Å². The van der Waals surface area contributed by atoms with Gasteiger partial charge in [0.05, 0.1) is 13.5 Å². The van der Waals surface area contributed by atoms with Gasteiger partial charge >= 0.3 is 6.18 Å². The fourth-order valence-corrected chi connectivity index (χ4v) is 6.32. The SMILES string of the molecule is [B]C1CC=CC(C)=C1C1=C(C(=O)Nc2c(C)cc(O)cc2C(=O)C(CC)CC(C)(C)C)C=C1CC(CNC)C(N=N)C(F)(F)F. The molecule has 1 aromatic rings. The number of carbonyl (C=O) groups is 2. The molecule has 11 heteroatoms. The van der Waals surface area contributed by atoms with E-state index in [1.807, 2.05) is 46.8 Å². The summed E-state index contributed by atoms with van der Waals surface area (Å²) in [4.78, 5) is 27.7. The molecule has 0 saturated carbocycles. The number of ketones is 1. The first-order valence-electron chi connectivity index (χ1n) is 15.3. The van der Waals surface area contributed by atoms with Crippen LogP contribution < -0.4 is 10.6 Å². The quantitative estimate of drug-likeness (QED) is 0.0772. The van der Waals surface area contributed by atoms with Crippen molar-refractivity contribution in [3.8, 4) is 5.75 Å². The summed E-state index contributed by atoms with van der Waals surface area (Å²) in [6.07, 6.45) is 2.24. The molecule has 2 radical (unpaired) electrons. The zero-order valence-corrected chi connectivity index (χ0v) is 27.2. The summed E-state index contributed by atoms with van der Waals surface area (Å²) in [7, 11) is 8.02. The number of Topliss-reactive ketones (excluding diaryl/α,β-unsaturated/α-hetero) is 1. The van der Waals surface area contributed by atoms with E-state index >= 15 is 0 Å². The summed E-state index contributed by atoms with van der Waals surface area (Å²) in [6.45, 7) is 11.5. The van der Waals surface area contributed by atoms with E-state index in [0.717, 1.165) is 5.57 Å². The number of alkyl halides is 3. The fraction of sp³-hybridized carbons (Fsp3) is 0.529. The van der Waals surface area contributed by atoms with Crippen LogP contribution in [0, 0.1) is 29.7 Å². The minimum absolute atomic E-state index is 0.0476. The van der Waals surface area contributed by atoms with Crippen LogP contribution in [0.1, 0.15) is 76.2 Å². The van der Waals surface area contributed by atoms with Gasteiger partial charge in [0.2, 0.25) is 0 Å². The number of benzene rings is 1. The van der Waals surface area contributed by atoms with Crippen molar-refractivity contribution in [1.82, 2.24) is 5.32 Å². The minimum Gasteiger partial charge on any atom is -0.508 e. The van der Waals surface area contributed by atoms with E-state index in [-0.39, 0.29) is 52.7 Å². The molecule has 2 aliphatic carbocycles. The van der Waals surface area contributed by atoms with Gasteiger partial charge in [0, 0.05) is 29.5 Å². The third kappa shape index (κ3) is 8.42. The standard InChI is InChI=1S/C34H44BF3N4O3/c1-8-20(16-33(4,5)6)30(44)25-15-23(43)12-19(3)29(25)41-32(45)24-14-21(28(24)27-18(2)10-9-11-26(27)35)13-22(17-40-7)31(42-39)34(36,37)38/h9-10,12,14-15,20,22,26,31,39-40,43H,8,11,13,16-17H2,1-7H3,(H,41,45). The Balaban J connectivity index is 2.07. The number of nitrogens with one attached hydrogen (secondary N) is 3. The molecule has 0 aromatic heterocycles. The van der Waals surface area contributed by atoms with Gasteiger partial charge in [-0.15, -0.1) is 0 Å². The molecule has 0 heterocycles. The Morgan fingerprint density at radius 2 is 1.87 bits per heavy atom. The molecule has 7 nitrogen and oxygen atoms in total. The zero-order valence-electron chi connectivity index (χ0n) is 27.2. The lowest BCUT2D eigenvalue weighted by Crippen LogP contribution is -2.40. The van der Waals surface area contributed by atoms with Crippen molar-refractivity contribution in [2.45, 2.75) is 85.3 Å². The molecule has 1 amide bonds. The second-order valence-corrected chi connectivity index (χ2v) is 13.3. The molecule has 0 spiro atoms. The van der Waals surface area contributed by atoms with Crippen LogP contribution in [-0.4, -0.2) is 50.5 Å². The smallest absolute Gasteiger partial charge is 0.412 e. The number of phenols is 1. The predicted molar refractivity (Wildman–Crippen MR) is 172 cm³/mol. The summed E-state index contributed by atoms with van der Waals surface area (Å²) < 4.78 is 41.4. The maximum atomic E-state index is 13.9. The highest BCUT2D eigenvalue weighted by Gasteiger charge is 2.46. The number of phenolic OH excluding ortho intramolecular Hbond substituents is 1. The van der Waals surface area contributed by atoms with Crippen LogP contribution in [0.4, 0.5) is 18.9 Å². The van der Waals surface area contributed by atoms with Crippen LogP contribution in [0.15, 0.2) is 63.3 Å². The maximum absolute atomic E-state index is 13.9. The van der Waals surface area contributed by atoms with Gasteiger partial charge in [-0.25, -0.2) is 5.53 Å². The molecule has 0 fully saturated rings. The van der Waals surface area contributed by atoms with Crippen molar-refractivity contribution in [2.75, 3.05) is 18.9 Å². The first-order chi connectivity index (χ1) is 20.9. The molecule has 45 heavy (non-hydrogen) atoms. The van der Waals surface area contributed by atoms with Crippen LogP contribution in [0.5, 0.6) is 5.75 Å². The number of anilines is 1. The van der Waals surface area contributed by atoms with Gasteiger partial charge in [-0.3, -0.25) is 9.59 Å². The third-order valence-corrected chi connectivity index (χ3v) is 8.39. The third-order valence-electron chi connectivity index (χ3n) is 8.39. The molecule has 4 N–H and O–H groups in total. The predicted octanol–water partition coefficient (Wildman–Crippen LogP) is 7.94. The number of rotatable bonds is 13. The number of halogens is 3. The maximum Gasteiger partial charge on any atom is 0.412 e. The van der Waals surface area contributed by atoms with Gasteiger partial charge in [-0.2, -0.15) is 18.3 Å². The van der Waals surface area contributed by atoms with Crippen molar-refractivity contribution in [3.63, 3.8) is 0 Å². The Morgan fingerprint density at radius 3 is 2.40 bits per heavy atom. The Hall–Kier alpha value is -3.47. The molecule has 2 aliphatic rings. The van der Waals surface area contributed by atoms with E-state index in [2.05, 4.69) is 15.7 Å². The van der Waals surface area contributed by atoms with Crippen molar-refractivity contribution in [1.29, 1.82) is 5.53 Å². The van der Waals surface area contributed by atoms with Gasteiger partial charge in [-0.05, 0) is 104 Å². The number of aryl methyl sites for hydroxylation is 1. The Morgan fingerprint density at radius 1 is 1.20 bits per heavy atom. The summed E-state index contributed by atoms with van der Waals surface area (Å²) in [6, 6.07) is 0.617. The Labute approximate surface area is 265 Å². The van der Waals surface area contributed by atoms with Gasteiger partial charge < -0.3 is 15.7 Å². The molecule has 0 bridgehead atoms. The van der Waals surface area contributed by atoms with E-state index in [9.17, 15) is 27.9 Å². The van der Waals surface area contributed by atoms with Gasteiger partial charge in [0.1, 0.15) is 5.75 Å². The van der Waals surface area contributed by atoms with Crippen LogP contribution in [0.3, 0.4) is 0 Å². The highest BCUT2D eigenvalue weighted by Crippen LogP contribution is 2.46. The van der Waals surface area contributed by atoms with Crippen LogP contribution in [0.25, 0.3) is 0 Å². The summed E-state index contributed by atoms with van der Waals surface area (Å²) in [5.41, 5.74) is 10.8. The second-order valence-electron chi connectivity index (χ2n) is 13.3. The molecular weight excluding hydrogens is 580 g/mol. The Bertz CT molecular complexity index is 1450. The number of aromatic hydroxyl groups is 1. The average molecular weight is 625 g/mol. The number of hydrogen-bond acceptors (Lipinski definition) is 6. The van der Waals surface area contributed by atoms with Gasteiger partial charge in [-0.1, -0.05) is 39.8 Å². The molecule has 1 aromatic carbocycles. The minimum atomic E-state index is -4.71. The lowest BCUT2D eigenvalue weighted by atomic mass is 9.65. The van der Waals surface area contributed by atoms with E-state index in [1.165, 1.54) is 19.2 Å². The zero-order chi connectivity index (χ0) is 33.9. The number of amides is 1. The lowest BCUT2D eigenvalue weighted by Gasteiger charge is -2.34. The number of nitrogens with zero attached hydrogens (tertiary/aromatic N) is 1. The average Bonchev–Trinajstić information content (AvgIpc) is 2.91. The molecular formula is C34H44BF3N4O3. The normalized spacial score (nSPS) is 19.1. The van der Waals surface area contributed by atoms with E-state index in [1.54, 1.807) is 13.0 Å². The summed E-state index contributed by atoms with van der Waals surface area (Å²) >= 11 is 0. The van der Waals surface area contributed by atoms with Crippen molar-refractivity contribution >= 4 is 25.2 Å². The van der Waals surface area contributed by atoms with Crippen molar-refractivity contribution in [2.24, 2.45) is 22.4 Å². The summed E-state index contributed by atoms with van der Waals surface area (Å²) in [5.74, 6) is -2.72. The molecule has 0 aliphatic heterocycles.